The zero-order valence-electron chi connectivity index (χ0n) is 14.5. The SMILES string of the molecule is Cl.NC[C@H]1CCC[C@H]1C(=O)NC(CN1CCCC1=O)c1ccccc1. The maximum absolute atomic E-state index is 12.8. The van der Waals surface area contributed by atoms with Crippen LogP contribution in [0, 0.1) is 11.8 Å². The number of rotatable bonds is 6. The molecule has 0 spiro atoms. The highest BCUT2D eigenvalue weighted by molar-refractivity contribution is 5.85. The third-order valence-corrected chi connectivity index (χ3v) is 5.39. The van der Waals surface area contributed by atoms with Crippen LogP contribution in [-0.4, -0.2) is 36.3 Å². The topological polar surface area (TPSA) is 75.4 Å². The molecule has 0 radical (unpaired) electrons. The molecule has 0 aromatic heterocycles. The highest BCUT2D eigenvalue weighted by atomic mass is 35.5. The molecular weight excluding hydrogens is 338 g/mol. The monoisotopic (exact) mass is 365 g/mol. The molecule has 1 aromatic rings. The summed E-state index contributed by atoms with van der Waals surface area (Å²) in [7, 11) is 0. The number of likely N-dealkylation sites (tertiary alicyclic amines) is 1. The molecule has 1 saturated heterocycles. The molecule has 2 amide bonds. The second-order valence-electron chi connectivity index (χ2n) is 6.95. The summed E-state index contributed by atoms with van der Waals surface area (Å²) in [6, 6.07) is 9.78. The Morgan fingerprint density at radius 2 is 2.00 bits per heavy atom. The summed E-state index contributed by atoms with van der Waals surface area (Å²) in [5.74, 6) is 0.569. The Bertz CT molecular complexity index is 581. The summed E-state index contributed by atoms with van der Waals surface area (Å²) in [6.45, 7) is 1.90. The number of benzene rings is 1. The maximum atomic E-state index is 12.8. The summed E-state index contributed by atoms with van der Waals surface area (Å²) in [5, 5.41) is 3.20. The molecule has 2 fully saturated rings. The highest BCUT2D eigenvalue weighted by Gasteiger charge is 2.34. The van der Waals surface area contributed by atoms with Crippen LogP contribution in [0.3, 0.4) is 0 Å². The van der Waals surface area contributed by atoms with E-state index >= 15 is 0 Å². The Hall–Kier alpha value is -1.59. The van der Waals surface area contributed by atoms with Gasteiger partial charge in [-0.15, -0.1) is 12.4 Å². The molecule has 138 valence electrons. The summed E-state index contributed by atoms with van der Waals surface area (Å²) >= 11 is 0. The second kappa shape index (κ2) is 9.20. The van der Waals surface area contributed by atoms with Gasteiger partial charge in [-0.25, -0.2) is 0 Å². The van der Waals surface area contributed by atoms with Crippen LogP contribution >= 0.6 is 12.4 Å². The lowest BCUT2D eigenvalue weighted by Gasteiger charge is -2.27. The van der Waals surface area contributed by atoms with Crippen LogP contribution in [-0.2, 0) is 9.59 Å². The lowest BCUT2D eigenvalue weighted by atomic mass is 9.94. The lowest BCUT2D eigenvalue weighted by molar-refractivity contribution is -0.130. The Morgan fingerprint density at radius 3 is 2.64 bits per heavy atom. The van der Waals surface area contributed by atoms with Gasteiger partial charge in [-0.05, 0) is 37.3 Å². The summed E-state index contributed by atoms with van der Waals surface area (Å²) < 4.78 is 0. The zero-order chi connectivity index (χ0) is 16.9. The van der Waals surface area contributed by atoms with Crippen LogP contribution in [0.2, 0.25) is 0 Å². The number of halogens is 1. The Balaban J connectivity index is 0.00000225. The summed E-state index contributed by atoms with van der Waals surface area (Å²) in [4.78, 5) is 26.6. The van der Waals surface area contributed by atoms with E-state index in [4.69, 9.17) is 5.73 Å². The van der Waals surface area contributed by atoms with E-state index in [0.717, 1.165) is 37.8 Å². The summed E-state index contributed by atoms with van der Waals surface area (Å²) in [6.07, 6.45) is 4.55. The number of hydrogen-bond acceptors (Lipinski definition) is 3. The number of carbonyl (C=O) groups is 2. The Morgan fingerprint density at radius 1 is 1.24 bits per heavy atom. The van der Waals surface area contributed by atoms with Crippen molar-refractivity contribution in [3.05, 3.63) is 35.9 Å². The fraction of sp³-hybridized carbons (Fsp3) is 0.579. The molecule has 3 rings (SSSR count). The molecule has 1 aliphatic carbocycles. The van der Waals surface area contributed by atoms with Gasteiger partial charge >= 0.3 is 0 Å². The minimum atomic E-state index is -0.153. The third kappa shape index (κ3) is 4.73. The normalized spacial score (nSPS) is 24.0. The van der Waals surface area contributed by atoms with Crippen LogP contribution in [0.5, 0.6) is 0 Å². The Labute approximate surface area is 155 Å². The quantitative estimate of drug-likeness (QED) is 0.811. The van der Waals surface area contributed by atoms with Gasteiger partial charge in [0.05, 0.1) is 6.04 Å². The number of carbonyl (C=O) groups excluding carboxylic acids is 2. The average Bonchev–Trinajstić information content (AvgIpc) is 3.24. The minimum absolute atomic E-state index is 0. The molecule has 25 heavy (non-hydrogen) atoms. The van der Waals surface area contributed by atoms with Crippen molar-refractivity contribution in [1.82, 2.24) is 10.2 Å². The van der Waals surface area contributed by atoms with E-state index in [-0.39, 0.29) is 42.1 Å². The molecule has 1 aliphatic heterocycles. The zero-order valence-corrected chi connectivity index (χ0v) is 15.3. The highest BCUT2D eigenvalue weighted by Crippen LogP contribution is 2.31. The van der Waals surface area contributed by atoms with Crippen LogP contribution in [0.1, 0.15) is 43.7 Å². The first kappa shape index (κ1) is 19.7. The molecule has 1 saturated carbocycles. The van der Waals surface area contributed by atoms with E-state index in [2.05, 4.69) is 5.32 Å². The fourth-order valence-corrected chi connectivity index (χ4v) is 3.98. The van der Waals surface area contributed by atoms with Gasteiger partial charge in [-0.2, -0.15) is 0 Å². The number of hydrogen-bond donors (Lipinski definition) is 2. The molecule has 0 bridgehead atoms. The minimum Gasteiger partial charge on any atom is -0.347 e. The van der Waals surface area contributed by atoms with E-state index < -0.39 is 0 Å². The van der Waals surface area contributed by atoms with Crippen LogP contribution in [0.25, 0.3) is 0 Å². The molecule has 2 aliphatic rings. The van der Waals surface area contributed by atoms with Crippen molar-refractivity contribution in [3.63, 3.8) is 0 Å². The lowest BCUT2D eigenvalue weighted by Crippen LogP contribution is -2.42. The van der Waals surface area contributed by atoms with Crippen molar-refractivity contribution in [2.24, 2.45) is 17.6 Å². The maximum Gasteiger partial charge on any atom is 0.223 e. The molecule has 3 atom stereocenters. The second-order valence-corrected chi connectivity index (χ2v) is 6.95. The first-order valence-electron chi connectivity index (χ1n) is 9.02. The van der Waals surface area contributed by atoms with Crippen LogP contribution in [0.4, 0.5) is 0 Å². The van der Waals surface area contributed by atoms with Crippen molar-refractivity contribution < 1.29 is 9.59 Å². The molecular formula is C19H28ClN3O2. The van der Waals surface area contributed by atoms with Gasteiger partial charge < -0.3 is 16.0 Å². The molecule has 1 heterocycles. The fourth-order valence-electron chi connectivity index (χ4n) is 3.98. The molecule has 1 aromatic carbocycles. The van der Waals surface area contributed by atoms with Gasteiger partial charge in [-0.3, -0.25) is 9.59 Å². The molecule has 5 nitrogen and oxygen atoms in total. The van der Waals surface area contributed by atoms with Gasteiger partial charge in [0.1, 0.15) is 0 Å². The van der Waals surface area contributed by atoms with Crippen LogP contribution < -0.4 is 11.1 Å². The predicted octanol–water partition coefficient (Wildman–Crippen LogP) is 2.26. The third-order valence-electron chi connectivity index (χ3n) is 5.39. The van der Waals surface area contributed by atoms with E-state index in [1.807, 2.05) is 35.2 Å². The molecule has 6 heteroatoms. The largest absolute Gasteiger partial charge is 0.347 e. The van der Waals surface area contributed by atoms with Crippen molar-refractivity contribution in [2.45, 2.75) is 38.1 Å². The first-order chi connectivity index (χ1) is 11.7. The van der Waals surface area contributed by atoms with Gasteiger partial charge in [0.2, 0.25) is 11.8 Å². The number of nitrogens with zero attached hydrogens (tertiary/aromatic N) is 1. The van der Waals surface area contributed by atoms with Gasteiger partial charge in [-0.1, -0.05) is 36.8 Å². The van der Waals surface area contributed by atoms with Crippen LogP contribution in [0.15, 0.2) is 30.3 Å². The first-order valence-corrected chi connectivity index (χ1v) is 9.02. The Kier molecular flexibility index (Phi) is 7.26. The summed E-state index contributed by atoms with van der Waals surface area (Å²) in [5.41, 5.74) is 6.87. The van der Waals surface area contributed by atoms with Crippen molar-refractivity contribution in [3.8, 4) is 0 Å². The van der Waals surface area contributed by atoms with Crippen molar-refractivity contribution >= 4 is 24.2 Å². The van der Waals surface area contributed by atoms with Gasteiger partial charge in [0.15, 0.2) is 0 Å². The number of amides is 2. The van der Waals surface area contributed by atoms with E-state index in [9.17, 15) is 9.59 Å². The van der Waals surface area contributed by atoms with Gasteiger partial charge in [0.25, 0.3) is 0 Å². The molecule has 1 unspecified atom stereocenters. The number of nitrogens with two attached hydrogens (primary N) is 1. The van der Waals surface area contributed by atoms with E-state index in [1.165, 1.54) is 0 Å². The van der Waals surface area contributed by atoms with E-state index in [1.54, 1.807) is 0 Å². The average molecular weight is 366 g/mol. The van der Waals surface area contributed by atoms with Gasteiger partial charge in [0, 0.05) is 25.4 Å². The van der Waals surface area contributed by atoms with Crippen molar-refractivity contribution in [2.75, 3.05) is 19.6 Å². The van der Waals surface area contributed by atoms with Crippen molar-refractivity contribution in [1.29, 1.82) is 0 Å². The standard InChI is InChI=1S/C19H27N3O2.ClH/c20-12-15-8-4-9-16(15)19(24)21-17(14-6-2-1-3-7-14)13-22-11-5-10-18(22)23;/h1-3,6-7,15-17H,4-5,8-13,20H2,(H,21,24);1H/t15-,16-,17?;/m1./s1. The smallest absolute Gasteiger partial charge is 0.223 e. The predicted molar refractivity (Wildman–Crippen MR) is 100 cm³/mol. The number of nitrogens with one attached hydrogen (secondary N) is 1. The molecule has 3 N–H and O–H groups in total. The van der Waals surface area contributed by atoms with E-state index in [0.29, 0.717) is 19.5 Å².